The van der Waals surface area contributed by atoms with Crippen LogP contribution in [0.2, 0.25) is 0 Å². The van der Waals surface area contributed by atoms with Crippen LogP contribution in [0.4, 0.5) is 5.69 Å². The van der Waals surface area contributed by atoms with Gasteiger partial charge in [0.25, 0.3) is 0 Å². The maximum Gasteiger partial charge on any atom is 0.360 e. The molecule has 24 heavy (non-hydrogen) atoms. The minimum Gasteiger partial charge on any atom is -0.467 e. The monoisotopic (exact) mass is 358 g/mol. The van der Waals surface area contributed by atoms with Crippen molar-refractivity contribution >= 4 is 27.9 Å². The molecule has 10 heteroatoms. The van der Waals surface area contributed by atoms with Crippen LogP contribution in [0.1, 0.15) is 18.4 Å². The highest BCUT2D eigenvalue weighted by Gasteiger charge is 2.34. The average Bonchev–Trinajstić information content (AvgIpc) is 2.49. The van der Waals surface area contributed by atoms with Gasteiger partial charge in [0.2, 0.25) is 0 Å². The van der Waals surface area contributed by atoms with Crippen LogP contribution in [0.5, 0.6) is 0 Å². The third-order valence-corrected chi connectivity index (χ3v) is 4.19. The van der Waals surface area contributed by atoms with Gasteiger partial charge in [-0.15, -0.1) is 0 Å². The summed E-state index contributed by atoms with van der Waals surface area (Å²) < 4.78 is 38.5. The van der Waals surface area contributed by atoms with E-state index in [4.69, 9.17) is 11.5 Å². The van der Waals surface area contributed by atoms with Gasteiger partial charge in [-0.2, -0.15) is 8.42 Å². The second kappa shape index (κ2) is 8.50. The molecule has 1 atom stereocenters. The van der Waals surface area contributed by atoms with Gasteiger partial charge in [-0.1, -0.05) is 17.7 Å². The van der Waals surface area contributed by atoms with Crippen molar-refractivity contribution < 1.29 is 22.5 Å². The van der Waals surface area contributed by atoms with Gasteiger partial charge < -0.3 is 16.2 Å². The first-order valence-electron chi connectivity index (χ1n) is 7.13. The number of esters is 1. The predicted molar refractivity (Wildman–Crippen MR) is 90.9 cm³/mol. The smallest absolute Gasteiger partial charge is 0.360 e. The molecule has 0 bridgehead atoms. The molecular formula is C14H22N4O5S. The van der Waals surface area contributed by atoms with Crippen LogP contribution in [0, 0.1) is 6.92 Å². The fraction of sp³-hybridized carbons (Fsp3) is 0.429. The lowest BCUT2D eigenvalue weighted by Gasteiger charge is -2.28. The minimum absolute atomic E-state index is 0.0666. The fourth-order valence-corrected chi connectivity index (χ4v) is 3.03. The molecule has 0 fully saturated rings. The van der Waals surface area contributed by atoms with Crippen molar-refractivity contribution in [1.29, 1.82) is 0 Å². The standard InChI is InChI=1S/C14H22N4O5S/c1-10-5-7-11(8-6-10)18(24(20,21)22)12(13(19)23-2)4-3-9-17-14(15)16/h5-8,12H,3-4,9H2,1-2H3,(H4,15,16,17)(H,20,21,22)/t12-/m0/s1. The minimum atomic E-state index is -4.69. The second-order valence-electron chi connectivity index (χ2n) is 5.10. The summed E-state index contributed by atoms with van der Waals surface area (Å²) in [5.74, 6) is -0.896. The van der Waals surface area contributed by atoms with Gasteiger partial charge >= 0.3 is 16.3 Å². The van der Waals surface area contributed by atoms with Gasteiger partial charge in [0.1, 0.15) is 6.04 Å². The van der Waals surface area contributed by atoms with Crippen LogP contribution in [0.15, 0.2) is 29.3 Å². The van der Waals surface area contributed by atoms with E-state index in [1.165, 1.54) is 12.1 Å². The number of nitrogens with two attached hydrogens (primary N) is 2. The number of aryl methyl sites for hydroxylation is 1. The lowest BCUT2D eigenvalue weighted by Crippen LogP contribution is -2.45. The van der Waals surface area contributed by atoms with Crippen molar-refractivity contribution in [3.8, 4) is 0 Å². The van der Waals surface area contributed by atoms with Gasteiger partial charge in [0, 0.05) is 6.54 Å². The number of benzene rings is 1. The first-order valence-corrected chi connectivity index (χ1v) is 8.53. The summed E-state index contributed by atoms with van der Waals surface area (Å²) in [4.78, 5) is 15.8. The molecule has 134 valence electrons. The van der Waals surface area contributed by atoms with Crippen molar-refractivity contribution in [2.75, 3.05) is 18.0 Å². The van der Waals surface area contributed by atoms with Gasteiger partial charge in [0.15, 0.2) is 5.96 Å². The van der Waals surface area contributed by atoms with Gasteiger partial charge in [-0.25, -0.2) is 9.10 Å². The Balaban J connectivity index is 3.14. The molecule has 0 radical (unpaired) electrons. The summed E-state index contributed by atoms with van der Waals surface area (Å²) in [6, 6.07) is 5.09. The molecule has 0 saturated carbocycles. The van der Waals surface area contributed by atoms with Gasteiger partial charge in [-0.05, 0) is 31.9 Å². The van der Waals surface area contributed by atoms with E-state index in [9.17, 15) is 17.8 Å². The molecule has 0 heterocycles. The quantitative estimate of drug-likeness (QED) is 0.197. The summed E-state index contributed by atoms with van der Waals surface area (Å²) in [5.41, 5.74) is 11.5. The van der Waals surface area contributed by atoms with Gasteiger partial charge in [0.05, 0.1) is 12.8 Å². The van der Waals surface area contributed by atoms with E-state index in [2.05, 4.69) is 9.73 Å². The number of hydrogen-bond donors (Lipinski definition) is 3. The Morgan fingerprint density at radius 3 is 2.38 bits per heavy atom. The number of carbonyl (C=O) groups is 1. The Morgan fingerprint density at radius 2 is 1.92 bits per heavy atom. The molecule has 9 nitrogen and oxygen atoms in total. The molecule has 0 aromatic heterocycles. The number of hydrogen-bond acceptors (Lipinski definition) is 5. The summed E-state index contributed by atoms with van der Waals surface area (Å²) in [7, 11) is -3.55. The number of aliphatic imine (C=N–C) groups is 1. The Labute approximate surface area is 141 Å². The number of nitrogens with zero attached hydrogens (tertiary/aromatic N) is 2. The topological polar surface area (TPSA) is 148 Å². The third-order valence-electron chi connectivity index (χ3n) is 3.22. The van der Waals surface area contributed by atoms with Crippen molar-refractivity contribution in [2.24, 2.45) is 16.5 Å². The maximum atomic E-state index is 12.0. The largest absolute Gasteiger partial charge is 0.467 e. The third kappa shape index (κ3) is 5.70. The van der Waals surface area contributed by atoms with E-state index < -0.39 is 22.3 Å². The number of anilines is 1. The average molecular weight is 358 g/mol. The zero-order valence-corrected chi connectivity index (χ0v) is 14.4. The number of methoxy groups -OCH3 is 1. The van der Waals surface area contributed by atoms with Gasteiger partial charge in [-0.3, -0.25) is 9.55 Å². The van der Waals surface area contributed by atoms with E-state index in [1.807, 2.05) is 6.92 Å². The van der Waals surface area contributed by atoms with Crippen LogP contribution in [0.3, 0.4) is 0 Å². The SMILES string of the molecule is COC(=O)[C@H](CCCN=C(N)N)N(c1ccc(C)cc1)S(=O)(=O)O. The molecule has 0 amide bonds. The van der Waals surface area contributed by atoms with Crippen LogP contribution in [-0.2, 0) is 19.8 Å². The lowest BCUT2D eigenvalue weighted by atomic mass is 10.1. The Morgan fingerprint density at radius 1 is 1.33 bits per heavy atom. The molecule has 1 rings (SSSR count). The van der Waals surface area contributed by atoms with E-state index in [1.54, 1.807) is 12.1 Å². The molecule has 0 unspecified atom stereocenters. The number of ether oxygens (including phenoxy) is 1. The fourth-order valence-electron chi connectivity index (χ4n) is 2.13. The highest BCUT2D eigenvalue weighted by Crippen LogP contribution is 2.24. The summed E-state index contributed by atoms with van der Waals surface area (Å²) in [6.45, 7) is 2.04. The number of guanidine groups is 1. The normalized spacial score (nSPS) is 12.3. The summed E-state index contributed by atoms with van der Waals surface area (Å²) in [6.07, 6.45) is 0.382. The highest BCUT2D eigenvalue weighted by molar-refractivity contribution is 7.87. The van der Waals surface area contributed by atoms with E-state index in [0.29, 0.717) is 10.7 Å². The number of rotatable bonds is 8. The molecule has 0 saturated heterocycles. The number of carbonyl (C=O) groups excluding carboxylic acids is 1. The van der Waals surface area contributed by atoms with E-state index in [-0.39, 0.29) is 24.6 Å². The van der Waals surface area contributed by atoms with Crippen molar-refractivity contribution in [2.45, 2.75) is 25.8 Å². The summed E-state index contributed by atoms with van der Waals surface area (Å²) in [5, 5.41) is 0. The second-order valence-corrected chi connectivity index (χ2v) is 6.39. The zero-order valence-electron chi connectivity index (χ0n) is 13.5. The van der Waals surface area contributed by atoms with Crippen LogP contribution in [-0.4, -0.2) is 44.6 Å². The van der Waals surface area contributed by atoms with Crippen LogP contribution in [0.25, 0.3) is 0 Å². The van der Waals surface area contributed by atoms with Crippen molar-refractivity contribution in [3.05, 3.63) is 29.8 Å². The molecular weight excluding hydrogens is 336 g/mol. The van der Waals surface area contributed by atoms with Crippen molar-refractivity contribution in [3.63, 3.8) is 0 Å². The lowest BCUT2D eigenvalue weighted by molar-refractivity contribution is -0.142. The van der Waals surface area contributed by atoms with E-state index in [0.717, 1.165) is 12.7 Å². The Bertz CT molecular complexity index is 684. The van der Waals surface area contributed by atoms with E-state index >= 15 is 0 Å². The van der Waals surface area contributed by atoms with Crippen LogP contribution >= 0.6 is 0 Å². The molecule has 1 aromatic carbocycles. The Hall–Kier alpha value is -2.33. The zero-order chi connectivity index (χ0) is 18.3. The molecule has 0 spiro atoms. The predicted octanol–water partition coefficient (Wildman–Crippen LogP) is 0.199. The molecule has 0 aliphatic rings. The first-order chi connectivity index (χ1) is 11.2. The molecule has 5 N–H and O–H groups in total. The maximum absolute atomic E-state index is 12.0. The Kier molecular flexibility index (Phi) is 6.98. The van der Waals surface area contributed by atoms with Crippen LogP contribution < -0.4 is 15.8 Å². The molecule has 0 aliphatic carbocycles. The molecule has 0 aliphatic heterocycles. The summed E-state index contributed by atoms with van der Waals surface area (Å²) >= 11 is 0. The molecule has 1 aromatic rings. The first kappa shape index (κ1) is 19.7. The highest BCUT2D eigenvalue weighted by atomic mass is 32.2. The van der Waals surface area contributed by atoms with Crippen molar-refractivity contribution in [1.82, 2.24) is 0 Å².